The van der Waals surface area contributed by atoms with E-state index in [1.54, 1.807) is 0 Å². The standard InChI is InChI=1S/C14H21N5O2/c1-10-14(11(2)21-16-10)9-20-13-4-5-19(8-13)7-12-6-15-17-18(12)3/h6,13H,4-5,7-9H2,1-3H3. The predicted molar refractivity (Wildman–Crippen MR) is 75.5 cm³/mol. The largest absolute Gasteiger partial charge is 0.372 e. The molecule has 1 unspecified atom stereocenters. The fourth-order valence-electron chi connectivity index (χ4n) is 2.67. The van der Waals surface area contributed by atoms with Crippen LogP contribution in [-0.4, -0.2) is 44.2 Å². The molecule has 1 aliphatic rings. The minimum absolute atomic E-state index is 0.264. The highest BCUT2D eigenvalue weighted by atomic mass is 16.5. The van der Waals surface area contributed by atoms with Crippen molar-refractivity contribution in [2.75, 3.05) is 13.1 Å². The van der Waals surface area contributed by atoms with Crippen LogP contribution in [0.4, 0.5) is 0 Å². The summed E-state index contributed by atoms with van der Waals surface area (Å²) in [6.45, 7) is 7.30. The number of aryl methyl sites for hydroxylation is 3. The molecule has 1 saturated heterocycles. The third kappa shape index (κ3) is 3.14. The first-order valence-corrected chi connectivity index (χ1v) is 7.22. The third-order valence-electron chi connectivity index (χ3n) is 4.07. The van der Waals surface area contributed by atoms with E-state index in [4.69, 9.17) is 9.26 Å². The Balaban J connectivity index is 1.50. The minimum atomic E-state index is 0.264. The topological polar surface area (TPSA) is 69.2 Å². The summed E-state index contributed by atoms with van der Waals surface area (Å²) < 4.78 is 13.0. The lowest BCUT2D eigenvalue weighted by atomic mass is 10.2. The van der Waals surface area contributed by atoms with Crippen LogP contribution in [0, 0.1) is 13.8 Å². The van der Waals surface area contributed by atoms with Gasteiger partial charge >= 0.3 is 0 Å². The molecule has 0 bridgehead atoms. The smallest absolute Gasteiger partial charge is 0.139 e. The molecule has 1 aliphatic heterocycles. The molecule has 3 rings (SSSR count). The van der Waals surface area contributed by atoms with Crippen LogP contribution < -0.4 is 0 Å². The van der Waals surface area contributed by atoms with Gasteiger partial charge in [0.15, 0.2) is 0 Å². The number of ether oxygens (including phenoxy) is 1. The average Bonchev–Trinajstić information content (AvgIpc) is 3.14. The van der Waals surface area contributed by atoms with Crippen molar-refractivity contribution in [2.24, 2.45) is 7.05 Å². The lowest BCUT2D eigenvalue weighted by Gasteiger charge is -2.15. The van der Waals surface area contributed by atoms with Crippen LogP contribution in [0.1, 0.15) is 29.1 Å². The monoisotopic (exact) mass is 291 g/mol. The fourth-order valence-corrected chi connectivity index (χ4v) is 2.67. The summed E-state index contributed by atoms with van der Waals surface area (Å²) in [4.78, 5) is 2.37. The number of hydrogen-bond donors (Lipinski definition) is 0. The van der Waals surface area contributed by atoms with Gasteiger partial charge in [0.05, 0.1) is 30.3 Å². The average molecular weight is 291 g/mol. The van der Waals surface area contributed by atoms with Crippen LogP contribution in [0.25, 0.3) is 0 Å². The van der Waals surface area contributed by atoms with Gasteiger partial charge in [-0.25, -0.2) is 0 Å². The second-order valence-corrected chi connectivity index (χ2v) is 5.61. The lowest BCUT2D eigenvalue weighted by molar-refractivity contribution is 0.0451. The van der Waals surface area contributed by atoms with Crippen molar-refractivity contribution in [1.82, 2.24) is 25.1 Å². The first kappa shape index (κ1) is 14.2. The number of nitrogens with zero attached hydrogens (tertiary/aromatic N) is 5. The second kappa shape index (κ2) is 5.95. The van der Waals surface area contributed by atoms with Gasteiger partial charge in [-0.1, -0.05) is 10.4 Å². The first-order valence-electron chi connectivity index (χ1n) is 7.22. The molecule has 1 atom stereocenters. The zero-order valence-electron chi connectivity index (χ0n) is 12.7. The van der Waals surface area contributed by atoms with Crippen molar-refractivity contribution >= 4 is 0 Å². The van der Waals surface area contributed by atoms with Crippen molar-refractivity contribution in [3.63, 3.8) is 0 Å². The third-order valence-corrected chi connectivity index (χ3v) is 4.07. The highest BCUT2D eigenvalue weighted by Gasteiger charge is 2.24. The molecule has 0 amide bonds. The Kier molecular flexibility index (Phi) is 4.03. The summed E-state index contributed by atoms with van der Waals surface area (Å²) in [5, 5.41) is 11.8. The molecule has 0 spiro atoms. The molecule has 0 saturated carbocycles. The normalized spacial score (nSPS) is 19.5. The highest BCUT2D eigenvalue weighted by molar-refractivity contribution is 5.19. The van der Waals surface area contributed by atoms with E-state index in [0.29, 0.717) is 6.61 Å². The molecule has 114 valence electrons. The Morgan fingerprint density at radius 1 is 1.43 bits per heavy atom. The molecule has 2 aromatic heterocycles. The molecule has 7 heteroatoms. The predicted octanol–water partition coefficient (Wildman–Crippen LogP) is 1.21. The van der Waals surface area contributed by atoms with E-state index in [-0.39, 0.29) is 6.10 Å². The Hall–Kier alpha value is -1.73. The van der Waals surface area contributed by atoms with E-state index >= 15 is 0 Å². The van der Waals surface area contributed by atoms with Crippen molar-refractivity contribution in [3.05, 3.63) is 28.9 Å². The molecule has 0 radical (unpaired) electrons. The fraction of sp³-hybridized carbons (Fsp3) is 0.643. The summed E-state index contributed by atoms with van der Waals surface area (Å²) in [7, 11) is 1.92. The summed E-state index contributed by atoms with van der Waals surface area (Å²) in [6.07, 6.45) is 3.13. The van der Waals surface area contributed by atoms with Crippen molar-refractivity contribution in [3.8, 4) is 0 Å². The zero-order valence-corrected chi connectivity index (χ0v) is 12.7. The van der Waals surface area contributed by atoms with E-state index in [1.807, 2.05) is 31.8 Å². The number of aromatic nitrogens is 4. The minimum Gasteiger partial charge on any atom is -0.372 e. The molecule has 7 nitrogen and oxygen atoms in total. The zero-order chi connectivity index (χ0) is 14.8. The van der Waals surface area contributed by atoms with Crippen LogP contribution in [0.3, 0.4) is 0 Å². The molecule has 0 aliphatic carbocycles. The Morgan fingerprint density at radius 3 is 2.95 bits per heavy atom. The van der Waals surface area contributed by atoms with Gasteiger partial charge in [0.1, 0.15) is 5.76 Å². The Morgan fingerprint density at radius 2 is 2.29 bits per heavy atom. The Labute approximate surface area is 123 Å². The molecule has 2 aromatic rings. The quantitative estimate of drug-likeness (QED) is 0.825. The maximum atomic E-state index is 6.01. The van der Waals surface area contributed by atoms with E-state index < -0.39 is 0 Å². The van der Waals surface area contributed by atoms with Crippen LogP contribution in [-0.2, 0) is 24.9 Å². The number of likely N-dealkylation sites (tertiary alicyclic amines) is 1. The maximum absolute atomic E-state index is 6.01. The van der Waals surface area contributed by atoms with Gasteiger partial charge in [0.25, 0.3) is 0 Å². The van der Waals surface area contributed by atoms with Crippen LogP contribution >= 0.6 is 0 Å². The summed E-state index contributed by atoms with van der Waals surface area (Å²) >= 11 is 0. The maximum Gasteiger partial charge on any atom is 0.139 e. The van der Waals surface area contributed by atoms with Gasteiger partial charge < -0.3 is 9.26 Å². The summed E-state index contributed by atoms with van der Waals surface area (Å²) in [5.41, 5.74) is 3.12. The summed E-state index contributed by atoms with van der Waals surface area (Å²) in [6, 6.07) is 0. The van der Waals surface area contributed by atoms with E-state index in [0.717, 1.165) is 48.8 Å². The Bertz CT molecular complexity index is 587. The molecule has 21 heavy (non-hydrogen) atoms. The molecule has 1 fully saturated rings. The van der Waals surface area contributed by atoms with Crippen molar-refractivity contribution in [2.45, 2.75) is 39.5 Å². The van der Waals surface area contributed by atoms with Gasteiger partial charge in [-0.05, 0) is 20.3 Å². The van der Waals surface area contributed by atoms with Gasteiger partial charge in [0, 0.05) is 32.2 Å². The van der Waals surface area contributed by atoms with Gasteiger partial charge in [-0.3, -0.25) is 9.58 Å². The summed E-state index contributed by atoms with van der Waals surface area (Å²) in [5.74, 6) is 0.850. The van der Waals surface area contributed by atoms with E-state index in [2.05, 4.69) is 20.4 Å². The van der Waals surface area contributed by atoms with Gasteiger partial charge in [-0.15, -0.1) is 5.10 Å². The van der Waals surface area contributed by atoms with Crippen LogP contribution in [0.15, 0.2) is 10.7 Å². The highest BCUT2D eigenvalue weighted by Crippen LogP contribution is 2.19. The van der Waals surface area contributed by atoms with Crippen molar-refractivity contribution in [1.29, 1.82) is 0 Å². The van der Waals surface area contributed by atoms with E-state index in [1.165, 1.54) is 0 Å². The molecular weight excluding hydrogens is 270 g/mol. The number of hydrogen-bond acceptors (Lipinski definition) is 6. The SMILES string of the molecule is Cc1noc(C)c1COC1CCN(Cc2cnnn2C)C1. The second-order valence-electron chi connectivity index (χ2n) is 5.61. The molecule has 3 heterocycles. The van der Waals surface area contributed by atoms with E-state index in [9.17, 15) is 0 Å². The molecular formula is C14H21N5O2. The number of rotatable bonds is 5. The van der Waals surface area contributed by atoms with Gasteiger partial charge in [0.2, 0.25) is 0 Å². The van der Waals surface area contributed by atoms with Crippen molar-refractivity contribution < 1.29 is 9.26 Å². The molecule has 0 aromatic carbocycles. The lowest BCUT2D eigenvalue weighted by Crippen LogP contribution is -2.24. The van der Waals surface area contributed by atoms with Gasteiger partial charge in [-0.2, -0.15) is 0 Å². The van der Waals surface area contributed by atoms with Crippen LogP contribution in [0.2, 0.25) is 0 Å². The van der Waals surface area contributed by atoms with Crippen LogP contribution in [0.5, 0.6) is 0 Å². The molecule has 0 N–H and O–H groups in total. The first-order chi connectivity index (χ1) is 10.1.